The SMILES string of the molecule is CC1(C)C2CCC3CCCC4CC(C(=O)O)=C(C2)C341. The number of fused-ring (bicyclic) bond motifs is 1. The lowest BCUT2D eigenvalue weighted by Crippen LogP contribution is -2.51. The number of rotatable bonds is 1. The molecule has 3 saturated carbocycles. The van der Waals surface area contributed by atoms with Crippen molar-refractivity contribution >= 4 is 5.97 Å². The third-order valence-electron chi connectivity index (χ3n) is 7.37. The van der Waals surface area contributed by atoms with Crippen molar-refractivity contribution in [3.05, 3.63) is 11.1 Å². The highest BCUT2D eigenvalue weighted by molar-refractivity contribution is 5.89. The molecule has 2 nitrogen and oxygen atoms in total. The van der Waals surface area contributed by atoms with Crippen molar-refractivity contribution in [2.45, 2.75) is 58.8 Å². The van der Waals surface area contributed by atoms with Crippen LogP contribution >= 0.6 is 0 Å². The predicted molar refractivity (Wildman–Crippen MR) is 73.7 cm³/mol. The second-order valence-corrected chi connectivity index (χ2v) is 7.86. The van der Waals surface area contributed by atoms with Gasteiger partial charge in [-0.25, -0.2) is 4.79 Å². The molecule has 104 valence electrons. The zero-order valence-corrected chi connectivity index (χ0v) is 12.0. The van der Waals surface area contributed by atoms with Gasteiger partial charge in [0, 0.05) is 11.0 Å². The van der Waals surface area contributed by atoms with Gasteiger partial charge in [0.15, 0.2) is 0 Å². The van der Waals surface area contributed by atoms with Crippen LogP contribution in [0.25, 0.3) is 0 Å². The minimum atomic E-state index is -0.624. The lowest BCUT2D eigenvalue weighted by molar-refractivity contribution is -0.132. The first-order valence-electron chi connectivity index (χ1n) is 7.95. The molecule has 4 aliphatic carbocycles. The number of carboxylic acids is 1. The van der Waals surface area contributed by atoms with E-state index in [1.165, 1.54) is 37.7 Å². The van der Waals surface area contributed by atoms with Gasteiger partial charge < -0.3 is 5.11 Å². The van der Waals surface area contributed by atoms with Crippen LogP contribution < -0.4 is 0 Å². The van der Waals surface area contributed by atoms with Gasteiger partial charge in [-0.15, -0.1) is 0 Å². The van der Waals surface area contributed by atoms with Crippen molar-refractivity contribution in [1.82, 2.24) is 0 Å². The Morgan fingerprint density at radius 3 is 2.47 bits per heavy atom. The smallest absolute Gasteiger partial charge is 0.331 e. The summed E-state index contributed by atoms with van der Waals surface area (Å²) in [6, 6.07) is 0. The van der Waals surface area contributed by atoms with E-state index in [-0.39, 0.29) is 5.41 Å². The van der Waals surface area contributed by atoms with Gasteiger partial charge in [-0.05, 0) is 61.7 Å². The van der Waals surface area contributed by atoms with E-state index in [0.717, 1.165) is 30.3 Å². The van der Waals surface area contributed by atoms with Crippen molar-refractivity contribution in [1.29, 1.82) is 0 Å². The molecule has 0 aliphatic heterocycles. The third-order valence-corrected chi connectivity index (χ3v) is 7.37. The fraction of sp³-hybridized carbons (Fsp3) is 0.824. The standard InChI is InChI=1S/C17H24O2/c1-16(2)11-7-6-10-4-3-5-12-8-13(15(18)19)14(9-11)17(10,12)16/h10-12H,3-9H2,1-2H3,(H,18,19). The Labute approximate surface area is 115 Å². The zero-order valence-electron chi connectivity index (χ0n) is 12.0. The summed E-state index contributed by atoms with van der Waals surface area (Å²) in [6.45, 7) is 4.89. The fourth-order valence-electron chi connectivity index (χ4n) is 6.80. The van der Waals surface area contributed by atoms with Crippen LogP contribution in [-0.4, -0.2) is 11.1 Å². The molecule has 0 aromatic carbocycles. The summed E-state index contributed by atoms with van der Waals surface area (Å²) < 4.78 is 0. The molecule has 0 amide bonds. The van der Waals surface area contributed by atoms with E-state index in [4.69, 9.17) is 0 Å². The fourth-order valence-corrected chi connectivity index (χ4v) is 6.80. The molecule has 0 saturated heterocycles. The summed E-state index contributed by atoms with van der Waals surface area (Å²) in [5.74, 6) is 1.51. The maximum atomic E-state index is 11.7. The first kappa shape index (κ1) is 12.0. The third kappa shape index (κ3) is 1.14. The van der Waals surface area contributed by atoms with Crippen molar-refractivity contribution in [2.24, 2.45) is 28.6 Å². The van der Waals surface area contributed by atoms with Crippen LogP contribution in [0.5, 0.6) is 0 Å². The van der Waals surface area contributed by atoms with Crippen LogP contribution in [0.15, 0.2) is 11.1 Å². The van der Waals surface area contributed by atoms with Gasteiger partial charge in [0.1, 0.15) is 0 Å². The second kappa shape index (κ2) is 3.45. The topological polar surface area (TPSA) is 37.3 Å². The summed E-state index contributed by atoms with van der Waals surface area (Å²) in [5, 5.41) is 9.61. The molecule has 0 aromatic heterocycles. The second-order valence-electron chi connectivity index (χ2n) is 7.86. The molecule has 4 atom stereocenters. The van der Waals surface area contributed by atoms with E-state index >= 15 is 0 Å². The van der Waals surface area contributed by atoms with Crippen molar-refractivity contribution < 1.29 is 9.90 Å². The van der Waals surface area contributed by atoms with E-state index in [1.54, 1.807) is 0 Å². The summed E-state index contributed by atoms with van der Waals surface area (Å²) in [7, 11) is 0. The monoisotopic (exact) mass is 260 g/mol. The summed E-state index contributed by atoms with van der Waals surface area (Å²) >= 11 is 0. The summed E-state index contributed by atoms with van der Waals surface area (Å²) in [6.07, 6.45) is 8.52. The Bertz CT molecular complexity index is 487. The van der Waals surface area contributed by atoms with Gasteiger partial charge in [-0.2, -0.15) is 0 Å². The molecular weight excluding hydrogens is 236 g/mol. The van der Waals surface area contributed by atoms with E-state index in [2.05, 4.69) is 13.8 Å². The minimum Gasteiger partial charge on any atom is -0.478 e. The van der Waals surface area contributed by atoms with Crippen molar-refractivity contribution in [3.63, 3.8) is 0 Å². The Hall–Kier alpha value is -0.790. The number of carboxylic acid groups (broad SMARTS) is 1. The predicted octanol–water partition coefficient (Wildman–Crippen LogP) is 4.01. The molecule has 1 spiro atoms. The van der Waals surface area contributed by atoms with Gasteiger partial charge in [-0.3, -0.25) is 0 Å². The highest BCUT2D eigenvalue weighted by Crippen LogP contribution is 2.77. The van der Waals surface area contributed by atoms with Gasteiger partial charge in [0.25, 0.3) is 0 Å². The Morgan fingerprint density at radius 2 is 1.74 bits per heavy atom. The highest BCUT2D eigenvalue weighted by atomic mass is 16.4. The molecule has 2 heteroatoms. The molecule has 0 heterocycles. The number of hydrogen-bond acceptors (Lipinski definition) is 1. The van der Waals surface area contributed by atoms with Gasteiger partial charge in [0.05, 0.1) is 0 Å². The lowest BCUT2D eigenvalue weighted by atomic mass is 9.46. The molecule has 3 fully saturated rings. The van der Waals surface area contributed by atoms with Crippen LogP contribution in [0.3, 0.4) is 0 Å². The van der Waals surface area contributed by atoms with E-state index in [1.807, 2.05) is 0 Å². The first-order valence-corrected chi connectivity index (χ1v) is 7.95. The molecule has 1 N–H and O–H groups in total. The van der Waals surface area contributed by atoms with Crippen molar-refractivity contribution in [2.75, 3.05) is 0 Å². The molecule has 4 rings (SSSR count). The van der Waals surface area contributed by atoms with Crippen LogP contribution in [0.2, 0.25) is 0 Å². The normalized spacial score (nSPS) is 46.3. The zero-order chi connectivity index (χ0) is 13.4. The highest BCUT2D eigenvalue weighted by Gasteiger charge is 2.69. The average molecular weight is 260 g/mol. The van der Waals surface area contributed by atoms with E-state index in [9.17, 15) is 9.90 Å². The molecule has 19 heavy (non-hydrogen) atoms. The Morgan fingerprint density at radius 1 is 1.05 bits per heavy atom. The summed E-state index contributed by atoms with van der Waals surface area (Å²) in [4.78, 5) is 11.7. The average Bonchev–Trinajstić information content (AvgIpc) is 2.69. The number of hydrogen-bond donors (Lipinski definition) is 1. The molecule has 2 bridgehead atoms. The summed E-state index contributed by atoms with van der Waals surface area (Å²) in [5.41, 5.74) is 2.80. The van der Waals surface area contributed by atoms with Gasteiger partial charge >= 0.3 is 5.97 Å². The van der Waals surface area contributed by atoms with Gasteiger partial charge in [-0.1, -0.05) is 25.8 Å². The molecule has 0 radical (unpaired) electrons. The number of carbonyl (C=O) groups is 1. The molecular formula is C17H24O2. The maximum Gasteiger partial charge on any atom is 0.331 e. The van der Waals surface area contributed by atoms with Crippen LogP contribution in [0.4, 0.5) is 0 Å². The number of aliphatic carboxylic acids is 1. The Kier molecular flexibility index (Phi) is 2.18. The van der Waals surface area contributed by atoms with Crippen LogP contribution in [0.1, 0.15) is 58.8 Å². The molecule has 4 aliphatic rings. The molecule has 4 unspecified atom stereocenters. The molecule has 0 aromatic rings. The maximum absolute atomic E-state index is 11.7. The van der Waals surface area contributed by atoms with E-state index < -0.39 is 5.97 Å². The number of allylic oxidation sites excluding steroid dienone is 1. The largest absolute Gasteiger partial charge is 0.478 e. The quantitative estimate of drug-likeness (QED) is 0.773. The van der Waals surface area contributed by atoms with E-state index in [0.29, 0.717) is 11.3 Å². The first-order chi connectivity index (χ1) is 8.99. The minimum absolute atomic E-state index is 0.266. The lowest BCUT2D eigenvalue weighted by Gasteiger charge is -2.58. The van der Waals surface area contributed by atoms with Gasteiger partial charge in [0.2, 0.25) is 0 Å². The Balaban J connectivity index is 1.97. The van der Waals surface area contributed by atoms with Crippen LogP contribution in [0, 0.1) is 28.6 Å². The van der Waals surface area contributed by atoms with Crippen molar-refractivity contribution in [3.8, 4) is 0 Å². The van der Waals surface area contributed by atoms with Crippen LogP contribution in [-0.2, 0) is 4.79 Å².